The van der Waals surface area contributed by atoms with Crippen molar-refractivity contribution in [2.75, 3.05) is 7.11 Å². The molecule has 1 heterocycles. The fourth-order valence-corrected chi connectivity index (χ4v) is 2.00. The Bertz CT molecular complexity index is 865. The van der Waals surface area contributed by atoms with Crippen LogP contribution >= 0.6 is 0 Å². The van der Waals surface area contributed by atoms with Gasteiger partial charge in [0.1, 0.15) is 5.58 Å². The topological polar surface area (TPSA) is 69.4 Å². The van der Waals surface area contributed by atoms with E-state index < -0.39 is 5.97 Å². The molecule has 21 heavy (non-hydrogen) atoms. The second-order valence-electron chi connectivity index (χ2n) is 4.39. The van der Waals surface area contributed by atoms with Crippen molar-refractivity contribution in [2.24, 2.45) is 0 Å². The number of fused-ring (bicyclic) bond motifs is 1. The molecule has 0 aliphatic rings. The van der Waals surface area contributed by atoms with Crippen LogP contribution in [0.1, 0.15) is 10.4 Å². The number of benzene rings is 2. The van der Waals surface area contributed by atoms with Gasteiger partial charge in [0.25, 0.3) is 5.56 Å². The van der Waals surface area contributed by atoms with E-state index in [2.05, 4.69) is 9.72 Å². The quantitative estimate of drug-likeness (QED) is 0.675. The molecule has 0 unspecified atom stereocenters. The summed E-state index contributed by atoms with van der Waals surface area (Å²) in [4.78, 5) is 27.3. The molecule has 3 rings (SSSR count). The summed E-state index contributed by atoms with van der Waals surface area (Å²) in [5, 5.41) is 0.437. The molecule has 1 aromatic heterocycles. The summed E-state index contributed by atoms with van der Waals surface area (Å²) >= 11 is 0. The largest absolute Gasteiger partial charge is 0.465 e. The summed E-state index contributed by atoms with van der Waals surface area (Å²) < 4.78 is 10.3. The fourth-order valence-electron chi connectivity index (χ4n) is 2.00. The summed E-state index contributed by atoms with van der Waals surface area (Å²) in [6.07, 6.45) is 0. The molecule has 5 heteroatoms. The van der Waals surface area contributed by atoms with E-state index in [1.54, 1.807) is 48.5 Å². The monoisotopic (exact) mass is 281 g/mol. The van der Waals surface area contributed by atoms with E-state index in [-0.39, 0.29) is 11.4 Å². The van der Waals surface area contributed by atoms with Gasteiger partial charge in [-0.25, -0.2) is 4.79 Å². The summed E-state index contributed by atoms with van der Waals surface area (Å²) in [6.45, 7) is 0. The minimum atomic E-state index is -0.422. The van der Waals surface area contributed by atoms with Crippen molar-refractivity contribution < 1.29 is 13.9 Å². The number of hydrogen-bond acceptors (Lipinski definition) is 5. The van der Waals surface area contributed by atoms with E-state index in [4.69, 9.17) is 4.42 Å². The van der Waals surface area contributed by atoms with Crippen LogP contribution in [0.5, 0.6) is 0 Å². The van der Waals surface area contributed by atoms with Crippen LogP contribution in [0.2, 0.25) is 0 Å². The van der Waals surface area contributed by atoms with Crippen LogP contribution in [0.3, 0.4) is 0 Å². The minimum absolute atomic E-state index is 0.218. The highest BCUT2D eigenvalue weighted by molar-refractivity contribution is 5.89. The van der Waals surface area contributed by atoms with Gasteiger partial charge in [0.15, 0.2) is 0 Å². The third kappa shape index (κ3) is 2.41. The molecule has 0 saturated carbocycles. The average Bonchev–Trinajstić information content (AvgIpc) is 2.54. The number of methoxy groups -OCH3 is 1. The summed E-state index contributed by atoms with van der Waals surface area (Å²) in [7, 11) is 1.32. The molecule has 2 aromatic carbocycles. The zero-order chi connectivity index (χ0) is 14.8. The van der Waals surface area contributed by atoms with Gasteiger partial charge in [0, 0.05) is 5.56 Å². The van der Waals surface area contributed by atoms with Gasteiger partial charge in [-0.15, -0.1) is 0 Å². The number of para-hydroxylation sites is 1. The Labute approximate surface area is 119 Å². The lowest BCUT2D eigenvalue weighted by molar-refractivity contribution is 0.0601. The number of ether oxygens (including phenoxy) is 1. The highest BCUT2D eigenvalue weighted by Gasteiger charge is 2.10. The number of hydrogen-bond donors (Lipinski definition) is 0. The highest BCUT2D eigenvalue weighted by atomic mass is 16.5. The molecule has 104 valence electrons. The number of carbonyl (C=O) groups is 1. The molecule has 0 atom stereocenters. The first-order chi connectivity index (χ1) is 10.2. The zero-order valence-corrected chi connectivity index (χ0v) is 11.2. The Morgan fingerprint density at radius 3 is 2.52 bits per heavy atom. The standard InChI is InChI=1S/C16H11NO4/c1-20-16(19)11-8-6-10(7-9-11)15-17-14(18)12-4-2-3-5-13(12)21-15/h2-9H,1H3. The lowest BCUT2D eigenvalue weighted by Crippen LogP contribution is -2.07. The number of carbonyl (C=O) groups excluding carboxylic acids is 1. The number of aromatic nitrogens is 1. The third-order valence-corrected chi connectivity index (χ3v) is 3.08. The molecule has 0 aliphatic carbocycles. The van der Waals surface area contributed by atoms with Crippen LogP contribution in [0.15, 0.2) is 57.7 Å². The first kappa shape index (κ1) is 13.1. The molecule has 0 bridgehead atoms. The van der Waals surface area contributed by atoms with Crippen molar-refractivity contribution in [2.45, 2.75) is 0 Å². The molecule has 0 spiro atoms. The molecule has 0 radical (unpaired) electrons. The van der Waals surface area contributed by atoms with Gasteiger partial charge < -0.3 is 9.15 Å². The van der Waals surface area contributed by atoms with Crippen LogP contribution in [0.4, 0.5) is 0 Å². The van der Waals surface area contributed by atoms with Crippen molar-refractivity contribution in [3.63, 3.8) is 0 Å². The predicted molar refractivity (Wildman–Crippen MR) is 77.1 cm³/mol. The van der Waals surface area contributed by atoms with Gasteiger partial charge in [0.05, 0.1) is 18.1 Å². The lowest BCUT2D eigenvalue weighted by Gasteiger charge is -2.03. The van der Waals surface area contributed by atoms with Crippen LogP contribution in [-0.2, 0) is 4.74 Å². The van der Waals surface area contributed by atoms with E-state index in [1.165, 1.54) is 7.11 Å². The first-order valence-electron chi connectivity index (χ1n) is 6.27. The SMILES string of the molecule is COC(=O)c1ccc(-c2nc(=O)c3ccccc3o2)cc1. The molecule has 3 aromatic rings. The van der Waals surface area contributed by atoms with Crippen LogP contribution < -0.4 is 5.56 Å². The van der Waals surface area contributed by atoms with E-state index in [0.29, 0.717) is 22.1 Å². The van der Waals surface area contributed by atoms with Crippen LogP contribution in [0.25, 0.3) is 22.4 Å². The molecule has 0 amide bonds. The summed E-state index contributed by atoms with van der Waals surface area (Å²) in [5.41, 5.74) is 1.17. The molecule has 0 fully saturated rings. The smallest absolute Gasteiger partial charge is 0.337 e. The average molecular weight is 281 g/mol. The van der Waals surface area contributed by atoms with Gasteiger partial charge in [0.2, 0.25) is 5.89 Å². The minimum Gasteiger partial charge on any atom is -0.465 e. The third-order valence-electron chi connectivity index (χ3n) is 3.08. The molecule has 0 saturated heterocycles. The number of esters is 1. The second kappa shape index (κ2) is 5.20. The molecule has 0 N–H and O–H groups in total. The predicted octanol–water partition coefficient (Wildman–Crippen LogP) is 2.64. The normalized spacial score (nSPS) is 10.5. The van der Waals surface area contributed by atoms with Crippen LogP contribution in [0, 0.1) is 0 Å². The second-order valence-corrected chi connectivity index (χ2v) is 4.39. The van der Waals surface area contributed by atoms with Crippen LogP contribution in [-0.4, -0.2) is 18.1 Å². The fraction of sp³-hybridized carbons (Fsp3) is 0.0625. The van der Waals surface area contributed by atoms with Crippen molar-refractivity contribution in [1.82, 2.24) is 4.98 Å². The molecular weight excluding hydrogens is 270 g/mol. The number of nitrogens with zero attached hydrogens (tertiary/aromatic N) is 1. The van der Waals surface area contributed by atoms with Gasteiger partial charge in [-0.3, -0.25) is 4.79 Å². The van der Waals surface area contributed by atoms with Crippen molar-refractivity contribution in [3.05, 3.63) is 64.4 Å². The van der Waals surface area contributed by atoms with Gasteiger partial charge in [-0.2, -0.15) is 4.98 Å². The Hall–Kier alpha value is -2.95. The zero-order valence-electron chi connectivity index (χ0n) is 11.2. The maximum Gasteiger partial charge on any atom is 0.337 e. The first-order valence-corrected chi connectivity index (χ1v) is 6.27. The summed E-state index contributed by atoms with van der Waals surface area (Å²) in [5.74, 6) is -0.204. The Morgan fingerprint density at radius 2 is 1.81 bits per heavy atom. The van der Waals surface area contributed by atoms with E-state index in [1.807, 2.05) is 0 Å². The highest BCUT2D eigenvalue weighted by Crippen LogP contribution is 2.20. The van der Waals surface area contributed by atoms with Crippen molar-refractivity contribution >= 4 is 16.9 Å². The number of rotatable bonds is 2. The maximum atomic E-state index is 11.9. The Kier molecular flexibility index (Phi) is 3.23. The van der Waals surface area contributed by atoms with Gasteiger partial charge in [-0.1, -0.05) is 12.1 Å². The molecule has 5 nitrogen and oxygen atoms in total. The van der Waals surface area contributed by atoms with E-state index in [0.717, 1.165) is 0 Å². The van der Waals surface area contributed by atoms with Gasteiger partial charge in [-0.05, 0) is 36.4 Å². The maximum absolute atomic E-state index is 11.9. The lowest BCUT2D eigenvalue weighted by atomic mass is 10.1. The molecule has 0 aliphatic heterocycles. The van der Waals surface area contributed by atoms with Gasteiger partial charge >= 0.3 is 5.97 Å². The van der Waals surface area contributed by atoms with E-state index in [9.17, 15) is 9.59 Å². The molecular formula is C16H11NO4. The Morgan fingerprint density at radius 1 is 1.10 bits per heavy atom. The van der Waals surface area contributed by atoms with Crippen molar-refractivity contribution in [1.29, 1.82) is 0 Å². The van der Waals surface area contributed by atoms with E-state index >= 15 is 0 Å². The summed E-state index contributed by atoms with van der Waals surface area (Å²) in [6, 6.07) is 13.4. The van der Waals surface area contributed by atoms with Crippen molar-refractivity contribution in [3.8, 4) is 11.5 Å². The Balaban J connectivity index is 2.08.